The second-order valence-corrected chi connectivity index (χ2v) is 9.36. The fourth-order valence-corrected chi connectivity index (χ4v) is 4.68. The summed E-state index contributed by atoms with van der Waals surface area (Å²) in [6.45, 7) is 5.23. The lowest BCUT2D eigenvalue weighted by Gasteiger charge is -2.29. The van der Waals surface area contributed by atoms with E-state index in [-0.39, 0.29) is 46.0 Å². The highest BCUT2D eigenvalue weighted by Crippen LogP contribution is 2.57. The lowest BCUT2D eigenvalue weighted by Crippen LogP contribution is -2.41. The van der Waals surface area contributed by atoms with Gasteiger partial charge >= 0.3 is 5.97 Å². The van der Waals surface area contributed by atoms with Crippen LogP contribution >= 0.6 is 0 Å². The van der Waals surface area contributed by atoms with Crippen LogP contribution in [0.4, 0.5) is 5.69 Å². The van der Waals surface area contributed by atoms with Crippen molar-refractivity contribution in [1.82, 2.24) is 5.32 Å². The number of fused-ring (bicyclic) bond motifs is 3. The molecule has 1 atom stereocenters. The topological polar surface area (TPSA) is 168 Å². The number of Topliss-reactive ketones (excluding diaryl/α,β-unsaturated/α-hetero) is 2. The maximum atomic E-state index is 13.8. The number of phenols is 2. The molecule has 2 aromatic rings. The van der Waals surface area contributed by atoms with Gasteiger partial charge in [0.05, 0.1) is 30.4 Å². The predicted octanol–water partition coefficient (Wildman–Crippen LogP) is 2.58. The minimum absolute atomic E-state index is 0.00797. The van der Waals surface area contributed by atoms with Crippen LogP contribution in [0.25, 0.3) is 0 Å². The molecule has 1 amide bonds. The van der Waals surface area contributed by atoms with Gasteiger partial charge in [0.25, 0.3) is 0 Å². The zero-order valence-electron chi connectivity index (χ0n) is 21.8. The molecule has 4 N–H and O–H groups in total. The Balaban J connectivity index is 1.61. The van der Waals surface area contributed by atoms with Crippen molar-refractivity contribution < 1.29 is 43.7 Å². The van der Waals surface area contributed by atoms with Crippen LogP contribution in [0, 0.1) is 6.92 Å². The third kappa shape index (κ3) is 4.31. The number of phenolic OH excluding ortho intramolecular Hbond substituents is 2. The number of carbonyl (C=O) groups is 5. The lowest BCUT2D eigenvalue weighted by atomic mass is 9.70. The Bertz CT molecular complexity index is 1530. The Morgan fingerprint density at radius 3 is 2.28 bits per heavy atom. The maximum absolute atomic E-state index is 13.8. The summed E-state index contributed by atoms with van der Waals surface area (Å²) in [4.78, 5) is 63.1. The molecule has 11 nitrogen and oxygen atoms in total. The lowest BCUT2D eigenvalue weighted by molar-refractivity contribution is -0.124. The van der Waals surface area contributed by atoms with Crippen molar-refractivity contribution in [3.63, 3.8) is 0 Å². The molecule has 11 heteroatoms. The van der Waals surface area contributed by atoms with Crippen molar-refractivity contribution >= 4 is 34.9 Å². The van der Waals surface area contributed by atoms with Crippen LogP contribution in [0.5, 0.6) is 17.2 Å². The quantitative estimate of drug-likeness (QED) is 0.187. The number of ether oxygens (including phenoxy) is 2. The van der Waals surface area contributed by atoms with Gasteiger partial charge in [-0.2, -0.15) is 0 Å². The number of benzene rings is 2. The van der Waals surface area contributed by atoms with Crippen molar-refractivity contribution in [3.05, 3.63) is 69.6 Å². The summed E-state index contributed by atoms with van der Waals surface area (Å²) in [7, 11) is 1.26. The number of allylic oxidation sites excluding steroid dienone is 4. The smallest absolute Gasteiger partial charge is 0.337 e. The molecule has 1 aliphatic carbocycles. The number of nitrogens with one attached hydrogen (secondary N) is 2. The first-order valence-electron chi connectivity index (χ1n) is 11.8. The van der Waals surface area contributed by atoms with Gasteiger partial charge < -0.3 is 30.3 Å². The molecule has 2 aromatic carbocycles. The molecule has 1 heterocycles. The fourth-order valence-electron chi connectivity index (χ4n) is 4.68. The molecule has 1 unspecified atom stereocenters. The number of rotatable bonds is 6. The molecule has 0 saturated carbocycles. The highest BCUT2D eigenvalue weighted by molar-refractivity contribution is 6.31. The number of esters is 1. The van der Waals surface area contributed by atoms with Crippen molar-refractivity contribution in [2.24, 2.45) is 0 Å². The van der Waals surface area contributed by atoms with Gasteiger partial charge in [0, 0.05) is 23.0 Å². The minimum Gasteiger partial charge on any atom is -0.507 e. The molecule has 202 valence electrons. The van der Waals surface area contributed by atoms with Gasteiger partial charge in [-0.05, 0) is 52.0 Å². The number of hydrogen-bond acceptors (Lipinski definition) is 10. The van der Waals surface area contributed by atoms with Gasteiger partial charge in [0.2, 0.25) is 5.91 Å². The Kier molecular flexibility index (Phi) is 6.78. The SMILES string of the molecule is COC(=O)c1ccc(NC(=O)CNC(C)=C2C(=O)C=C3Oc4c(C(C)=O)c(O)c(C)c(O)c4C3(C)C2=O)cc1. The normalized spacial score (nSPS) is 18.8. The zero-order valence-corrected chi connectivity index (χ0v) is 21.8. The predicted molar refractivity (Wildman–Crippen MR) is 138 cm³/mol. The van der Waals surface area contributed by atoms with E-state index in [2.05, 4.69) is 15.4 Å². The van der Waals surface area contributed by atoms with Crippen LogP contribution in [0.1, 0.15) is 52.6 Å². The third-order valence-electron chi connectivity index (χ3n) is 6.86. The van der Waals surface area contributed by atoms with Gasteiger partial charge in [-0.15, -0.1) is 0 Å². The number of aromatic hydroxyl groups is 2. The summed E-state index contributed by atoms with van der Waals surface area (Å²) in [5.41, 5.74) is -1.29. The molecular formula is C28H26N2O9. The molecule has 0 bridgehead atoms. The van der Waals surface area contributed by atoms with E-state index in [1.807, 2.05) is 0 Å². The van der Waals surface area contributed by atoms with Crippen LogP contribution in [-0.4, -0.2) is 53.1 Å². The highest BCUT2D eigenvalue weighted by Gasteiger charge is 2.56. The summed E-state index contributed by atoms with van der Waals surface area (Å²) >= 11 is 0. The van der Waals surface area contributed by atoms with Gasteiger partial charge in [0.1, 0.15) is 34.0 Å². The first kappa shape index (κ1) is 27.1. The number of amides is 1. The summed E-state index contributed by atoms with van der Waals surface area (Å²) < 4.78 is 10.4. The van der Waals surface area contributed by atoms with E-state index in [1.165, 1.54) is 59.1 Å². The van der Waals surface area contributed by atoms with E-state index >= 15 is 0 Å². The second-order valence-electron chi connectivity index (χ2n) is 9.36. The van der Waals surface area contributed by atoms with Crippen LogP contribution in [0.2, 0.25) is 0 Å². The molecule has 0 spiro atoms. The first-order valence-corrected chi connectivity index (χ1v) is 11.8. The van der Waals surface area contributed by atoms with Gasteiger partial charge in [-0.3, -0.25) is 19.2 Å². The van der Waals surface area contributed by atoms with Crippen LogP contribution in [0.3, 0.4) is 0 Å². The summed E-state index contributed by atoms with van der Waals surface area (Å²) in [5, 5.41) is 26.7. The fraction of sp³-hybridized carbons (Fsp3) is 0.250. The monoisotopic (exact) mass is 534 g/mol. The van der Waals surface area contributed by atoms with E-state index in [0.717, 1.165) is 6.08 Å². The van der Waals surface area contributed by atoms with Gasteiger partial charge in [0.15, 0.2) is 17.3 Å². The van der Waals surface area contributed by atoms with Crippen molar-refractivity contribution in [2.75, 3.05) is 19.0 Å². The summed E-state index contributed by atoms with van der Waals surface area (Å²) in [6, 6.07) is 6.02. The molecule has 1 aliphatic heterocycles. The van der Waals surface area contributed by atoms with E-state index < -0.39 is 46.1 Å². The molecule has 0 aromatic heterocycles. The van der Waals surface area contributed by atoms with Gasteiger partial charge in [-0.1, -0.05) is 0 Å². The molecule has 4 rings (SSSR count). The molecule has 0 fully saturated rings. The van der Waals surface area contributed by atoms with E-state index in [1.54, 1.807) is 0 Å². The highest BCUT2D eigenvalue weighted by atomic mass is 16.5. The number of hydrogen-bond donors (Lipinski definition) is 4. The Hall–Kier alpha value is -4.93. The van der Waals surface area contributed by atoms with Gasteiger partial charge in [-0.25, -0.2) is 4.79 Å². The largest absolute Gasteiger partial charge is 0.507 e. The molecule has 2 aliphatic rings. The average molecular weight is 535 g/mol. The third-order valence-corrected chi connectivity index (χ3v) is 6.86. The number of methoxy groups -OCH3 is 1. The van der Waals surface area contributed by atoms with Crippen LogP contribution in [-0.2, 0) is 24.5 Å². The Morgan fingerprint density at radius 2 is 1.69 bits per heavy atom. The second kappa shape index (κ2) is 9.75. The van der Waals surface area contributed by atoms with E-state index in [4.69, 9.17) is 4.74 Å². The zero-order chi connectivity index (χ0) is 28.8. The first-order chi connectivity index (χ1) is 18.3. The minimum atomic E-state index is -1.65. The number of ketones is 3. The standard InChI is InChI=1S/C28H26N2O9/c1-12-23(34)21(14(3)31)25-22(24(12)35)28(4)18(39-25)10-17(32)20(26(28)36)13(2)29-11-19(33)30-16-8-6-15(7-9-16)27(37)38-5/h6-10,29,34-35H,11H2,1-5H3,(H,30,33). The molecule has 39 heavy (non-hydrogen) atoms. The van der Waals surface area contributed by atoms with Crippen LogP contribution in [0.15, 0.2) is 47.4 Å². The van der Waals surface area contributed by atoms with E-state index in [9.17, 15) is 34.2 Å². The summed E-state index contributed by atoms with van der Waals surface area (Å²) in [5.74, 6) is -4.10. The van der Waals surface area contributed by atoms with Crippen LogP contribution < -0.4 is 15.4 Å². The van der Waals surface area contributed by atoms with E-state index in [0.29, 0.717) is 11.3 Å². The van der Waals surface area contributed by atoms with Crippen molar-refractivity contribution in [2.45, 2.75) is 33.1 Å². The average Bonchev–Trinajstić information content (AvgIpc) is 3.18. The Labute approximate surface area is 223 Å². The number of carbonyl (C=O) groups excluding carboxylic acids is 5. The Morgan fingerprint density at radius 1 is 1.05 bits per heavy atom. The summed E-state index contributed by atoms with van der Waals surface area (Å²) in [6.07, 6.45) is 1.10. The van der Waals surface area contributed by atoms with Crippen molar-refractivity contribution in [3.8, 4) is 17.2 Å². The molecule has 0 saturated heterocycles. The number of anilines is 1. The molecular weight excluding hydrogens is 508 g/mol. The van der Waals surface area contributed by atoms with Crippen molar-refractivity contribution in [1.29, 1.82) is 0 Å². The maximum Gasteiger partial charge on any atom is 0.337 e. The molecule has 0 radical (unpaired) electrons.